The van der Waals surface area contributed by atoms with Crippen LogP contribution in [0.1, 0.15) is 12.6 Å². The Morgan fingerprint density at radius 1 is 1.69 bits per heavy atom. The fourth-order valence-electron chi connectivity index (χ4n) is 0.828. The molecular weight excluding hydrogens is 168 g/mol. The number of H-pyrrole nitrogens is 1. The zero-order chi connectivity index (χ0) is 9.84. The van der Waals surface area contributed by atoms with Crippen LogP contribution in [0.2, 0.25) is 0 Å². The molecule has 2 amide bonds. The predicted molar refractivity (Wildman–Crippen MR) is 50.7 cm³/mol. The van der Waals surface area contributed by atoms with Gasteiger partial charge in [-0.1, -0.05) is 6.92 Å². The number of anilines is 1. The van der Waals surface area contributed by atoms with E-state index in [-0.39, 0.29) is 6.03 Å². The number of aryl methyl sites for hydroxylation is 1. The first-order valence-corrected chi connectivity index (χ1v) is 4.16. The molecule has 2 N–H and O–H groups in total. The first kappa shape index (κ1) is 9.57. The Bertz CT molecular complexity index is 292. The van der Waals surface area contributed by atoms with Gasteiger partial charge in [-0.3, -0.25) is 10.4 Å². The second-order valence-corrected chi connectivity index (χ2v) is 2.96. The molecule has 0 aliphatic carbocycles. The molecule has 1 aromatic heterocycles. The number of hydrogen-bond acceptors (Lipinski definition) is 2. The van der Waals surface area contributed by atoms with Gasteiger partial charge in [-0.25, -0.2) is 4.79 Å². The van der Waals surface area contributed by atoms with Gasteiger partial charge in [-0.15, -0.1) is 0 Å². The lowest BCUT2D eigenvalue weighted by Crippen LogP contribution is -2.27. The van der Waals surface area contributed by atoms with Crippen molar-refractivity contribution in [3.63, 3.8) is 0 Å². The van der Waals surface area contributed by atoms with E-state index in [2.05, 4.69) is 15.5 Å². The molecule has 0 bridgehead atoms. The quantitative estimate of drug-likeness (QED) is 0.718. The Morgan fingerprint density at radius 3 is 2.85 bits per heavy atom. The Labute approximate surface area is 77.1 Å². The van der Waals surface area contributed by atoms with Gasteiger partial charge >= 0.3 is 6.03 Å². The van der Waals surface area contributed by atoms with Crippen LogP contribution in [-0.4, -0.2) is 35.2 Å². The molecule has 0 unspecified atom stereocenters. The monoisotopic (exact) mass is 182 g/mol. The van der Waals surface area contributed by atoms with Crippen molar-refractivity contribution >= 4 is 11.8 Å². The van der Waals surface area contributed by atoms with E-state index in [1.807, 2.05) is 13.0 Å². The number of urea groups is 1. The molecule has 1 aromatic rings. The Kier molecular flexibility index (Phi) is 2.89. The van der Waals surface area contributed by atoms with Crippen molar-refractivity contribution in [3.05, 3.63) is 11.8 Å². The lowest BCUT2D eigenvalue weighted by Gasteiger charge is -2.09. The highest BCUT2D eigenvalue weighted by Crippen LogP contribution is 2.05. The number of aromatic nitrogens is 2. The van der Waals surface area contributed by atoms with Gasteiger partial charge in [0.05, 0.1) is 0 Å². The first-order valence-electron chi connectivity index (χ1n) is 4.16. The maximum atomic E-state index is 11.2. The highest BCUT2D eigenvalue weighted by atomic mass is 16.2. The highest BCUT2D eigenvalue weighted by molar-refractivity contribution is 5.87. The third-order valence-electron chi connectivity index (χ3n) is 1.65. The minimum Gasteiger partial charge on any atom is -0.331 e. The van der Waals surface area contributed by atoms with Crippen LogP contribution in [0.15, 0.2) is 6.07 Å². The molecule has 0 saturated heterocycles. The topological polar surface area (TPSA) is 61.0 Å². The molecule has 1 rings (SSSR count). The predicted octanol–water partition coefficient (Wildman–Crippen LogP) is 1.07. The lowest BCUT2D eigenvalue weighted by atomic mass is 10.3. The van der Waals surface area contributed by atoms with Crippen LogP contribution in [0.25, 0.3) is 0 Å². The third-order valence-corrected chi connectivity index (χ3v) is 1.65. The van der Waals surface area contributed by atoms with Crippen molar-refractivity contribution in [3.8, 4) is 0 Å². The average Bonchev–Trinajstić information content (AvgIpc) is 2.52. The van der Waals surface area contributed by atoms with Crippen LogP contribution in [0.4, 0.5) is 10.6 Å². The second-order valence-electron chi connectivity index (χ2n) is 2.96. The molecule has 0 aromatic carbocycles. The van der Waals surface area contributed by atoms with Gasteiger partial charge in [0, 0.05) is 25.9 Å². The molecule has 0 aliphatic rings. The van der Waals surface area contributed by atoms with E-state index in [9.17, 15) is 4.79 Å². The number of hydrogen-bond donors (Lipinski definition) is 2. The van der Waals surface area contributed by atoms with Gasteiger partial charge < -0.3 is 4.90 Å². The summed E-state index contributed by atoms with van der Waals surface area (Å²) in [6.45, 7) is 2.02. The maximum absolute atomic E-state index is 11.2. The van der Waals surface area contributed by atoms with Crippen molar-refractivity contribution in [1.29, 1.82) is 0 Å². The molecule has 0 fully saturated rings. The molecule has 5 heteroatoms. The summed E-state index contributed by atoms with van der Waals surface area (Å²) in [6.07, 6.45) is 0.880. The molecule has 0 spiro atoms. The average molecular weight is 182 g/mol. The minimum atomic E-state index is -0.172. The SMILES string of the molecule is CCc1cc(NC(=O)N(C)C)n[nH]1. The molecule has 1 heterocycles. The van der Waals surface area contributed by atoms with E-state index in [0.29, 0.717) is 5.82 Å². The number of carbonyl (C=O) groups excluding carboxylic acids is 1. The molecule has 5 nitrogen and oxygen atoms in total. The fourth-order valence-corrected chi connectivity index (χ4v) is 0.828. The Hall–Kier alpha value is -1.52. The van der Waals surface area contributed by atoms with Crippen molar-refractivity contribution < 1.29 is 4.79 Å². The summed E-state index contributed by atoms with van der Waals surface area (Å²) in [5.41, 5.74) is 1.01. The van der Waals surface area contributed by atoms with Crippen LogP contribution < -0.4 is 5.32 Å². The van der Waals surface area contributed by atoms with Gasteiger partial charge in [0.15, 0.2) is 5.82 Å². The normalized spacial score (nSPS) is 9.77. The van der Waals surface area contributed by atoms with Gasteiger partial charge in [-0.2, -0.15) is 5.10 Å². The van der Waals surface area contributed by atoms with E-state index in [0.717, 1.165) is 12.1 Å². The van der Waals surface area contributed by atoms with Gasteiger partial charge in [0.25, 0.3) is 0 Å². The zero-order valence-electron chi connectivity index (χ0n) is 8.09. The van der Waals surface area contributed by atoms with E-state index >= 15 is 0 Å². The Balaban J connectivity index is 2.59. The zero-order valence-corrected chi connectivity index (χ0v) is 8.09. The molecule has 0 aliphatic heterocycles. The number of nitrogens with zero attached hydrogens (tertiary/aromatic N) is 2. The summed E-state index contributed by atoms with van der Waals surface area (Å²) in [5, 5.41) is 9.38. The smallest absolute Gasteiger partial charge is 0.322 e. The van der Waals surface area contributed by atoms with Crippen LogP contribution in [0.5, 0.6) is 0 Å². The number of carbonyl (C=O) groups is 1. The van der Waals surface area contributed by atoms with Crippen molar-refractivity contribution in [2.24, 2.45) is 0 Å². The van der Waals surface area contributed by atoms with Gasteiger partial charge in [-0.05, 0) is 6.42 Å². The Morgan fingerprint density at radius 2 is 2.38 bits per heavy atom. The summed E-state index contributed by atoms with van der Waals surface area (Å²) in [5.74, 6) is 0.565. The minimum absolute atomic E-state index is 0.172. The van der Waals surface area contributed by atoms with Crippen molar-refractivity contribution in [1.82, 2.24) is 15.1 Å². The fraction of sp³-hybridized carbons (Fsp3) is 0.500. The molecule has 0 radical (unpaired) electrons. The number of amides is 2. The molecule has 72 valence electrons. The third kappa shape index (κ3) is 2.47. The van der Waals surface area contributed by atoms with E-state index < -0.39 is 0 Å². The van der Waals surface area contributed by atoms with E-state index in [4.69, 9.17) is 0 Å². The number of rotatable bonds is 2. The maximum Gasteiger partial charge on any atom is 0.322 e. The van der Waals surface area contributed by atoms with Crippen LogP contribution in [0.3, 0.4) is 0 Å². The number of aromatic amines is 1. The lowest BCUT2D eigenvalue weighted by molar-refractivity contribution is 0.230. The van der Waals surface area contributed by atoms with E-state index in [1.54, 1.807) is 14.1 Å². The molecule has 0 atom stereocenters. The van der Waals surface area contributed by atoms with Crippen LogP contribution >= 0.6 is 0 Å². The first-order chi connectivity index (χ1) is 6.13. The largest absolute Gasteiger partial charge is 0.331 e. The van der Waals surface area contributed by atoms with Crippen molar-refractivity contribution in [2.45, 2.75) is 13.3 Å². The van der Waals surface area contributed by atoms with E-state index in [1.165, 1.54) is 4.90 Å². The van der Waals surface area contributed by atoms with Gasteiger partial charge in [0.1, 0.15) is 0 Å². The summed E-state index contributed by atoms with van der Waals surface area (Å²) in [7, 11) is 3.37. The molecular formula is C8H14N4O. The van der Waals surface area contributed by atoms with Crippen LogP contribution in [-0.2, 0) is 6.42 Å². The standard InChI is InChI=1S/C8H14N4O/c1-4-6-5-7(11-10-6)9-8(13)12(2)3/h5H,4H2,1-3H3,(H2,9,10,11,13). The second kappa shape index (κ2) is 3.93. The van der Waals surface area contributed by atoms with Gasteiger partial charge in [0.2, 0.25) is 0 Å². The van der Waals surface area contributed by atoms with Crippen molar-refractivity contribution in [2.75, 3.05) is 19.4 Å². The summed E-state index contributed by atoms with van der Waals surface area (Å²) >= 11 is 0. The molecule has 13 heavy (non-hydrogen) atoms. The van der Waals surface area contributed by atoms with Crippen LogP contribution in [0, 0.1) is 0 Å². The number of nitrogens with one attached hydrogen (secondary N) is 2. The molecule has 0 saturated carbocycles. The summed E-state index contributed by atoms with van der Waals surface area (Å²) in [6, 6.07) is 1.65. The highest BCUT2D eigenvalue weighted by Gasteiger charge is 2.05. The summed E-state index contributed by atoms with van der Waals surface area (Å²) < 4.78 is 0. The summed E-state index contributed by atoms with van der Waals surface area (Å²) in [4.78, 5) is 12.6.